The van der Waals surface area contributed by atoms with Gasteiger partial charge in [0.25, 0.3) is 0 Å². The summed E-state index contributed by atoms with van der Waals surface area (Å²) in [5.41, 5.74) is 1.65. The van der Waals surface area contributed by atoms with Crippen LogP contribution in [0.1, 0.15) is 36.0 Å². The molecule has 2 heterocycles. The smallest absolute Gasteiger partial charge is 0.315 e. The van der Waals surface area contributed by atoms with Crippen molar-refractivity contribution in [2.75, 3.05) is 13.7 Å². The SMILES string of the molecule is COc1ccc(CCNC(=O)NCc2nc(-c3cc(C4CC4)on3)no2)cc1. The third kappa shape index (κ3) is 4.48. The number of rotatable bonds is 8. The highest BCUT2D eigenvalue weighted by atomic mass is 16.5. The van der Waals surface area contributed by atoms with Crippen LogP contribution in [0.4, 0.5) is 4.79 Å². The van der Waals surface area contributed by atoms with Crippen molar-refractivity contribution >= 4 is 6.03 Å². The molecule has 146 valence electrons. The van der Waals surface area contributed by atoms with Crippen LogP contribution < -0.4 is 15.4 Å². The highest BCUT2D eigenvalue weighted by molar-refractivity contribution is 5.73. The van der Waals surface area contributed by atoms with Crippen molar-refractivity contribution in [3.63, 3.8) is 0 Å². The van der Waals surface area contributed by atoms with E-state index < -0.39 is 0 Å². The molecule has 0 bridgehead atoms. The maximum Gasteiger partial charge on any atom is 0.315 e. The first-order chi connectivity index (χ1) is 13.7. The molecular formula is C19H21N5O4. The number of ether oxygens (including phenoxy) is 1. The molecule has 3 aromatic rings. The lowest BCUT2D eigenvalue weighted by Crippen LogP contribution is -2.36. The number of nitrogens with one attached hydrogen (secondary N) is 2. The molecule has 0 radical (unpaired) electrons. The van der Waals surface area contributed by atoms with Gasteiger partial charge in [-0.05, 0) is 37.0 Å². The Hall–Kier alpha value is -3.36. The van der Waals surface area contributed by atoms with Crippen LogP contribution in [-0.2, 0) is 13.0 Å². The molecule has 9 nitrogen and oxygen atoms in total. The summed E-state index contributed by atoms with van der Waals surface area (Å²) in [6.45, 7) is 0.644. The summed E-state index contributed by atoms with van der Waals surface area (Å²) in [4.78, 5) is 16.1. The lowest BCUT2D eigenvalue weighted by atomic mass is 10.1. The first kappa shape index (κ1) is 18.0. The topological polar surface area (TPSA) is 115 Å². The molecule has 2 aromatic heterocycles. The van der Waals surface area contributed by atoms with Crippen molar-refractivity contribution in [1.82, 2.24) is 25.9 Å². The quantitative estimate of drug-likeness (QED) is 0.614. The first-order valence-corrected chi connectivity index (χ1v) is 9.15. The van der Waals surface area contributed by atoms with Gasteiger partial charge in [-0.2, -0.15) is 4.98 Å². The van der Waals surface area contributed by atoms with Crippen molar-refractivity contribution < 1.29 is 18.6 Å². The van der Waals surface area contributed by atoms with Crippen LogP contribution >= 0.6 is 0 Å². The van der Waals surface area contributed by atoms with Crippen molar-refractivity contribution in [1.29, 1.82) is 0 Å². The molecule has 0 aliphatic heterocycles. The van der Waals surface area contributed by atoms with E-state index >= 15 is 0 Å². The van der Waals surface area contributed by atoms with E-state index in [1.165, 1.54) is 0 Å². The van der Waals surface area contributed by atoms with E-state index in [0.717, 1.165) is 36.3 Å². The third-order valence-corrected chi connectivity index (χ3v) is 4.46. The second-order valence-corrected chi connectivity index (χ2v) is 6.61. The molecule has 28 heavy (non-hydrogen) atoms. The molecule has 1 fully saturated rings. The molecule has 2 amide bonds. The minimum absolute atomic E-state index is 0.134. The Labute approximate surface area is 161 Å². The lowest BCUT2D eigenvalue weighted by molar-refractivity contribution is 0.238. The van der Waals surface area contributed by atoms with Crippen LogP contribution in [-0.4, -0.2) is 35.0 Å². The average Bonchev–Trinajstić information content (AvgIpc) is 3.26. The molecule has 4 rings (SSSR count). The molecule has 1 aliphatic carbocycles. The molecule has 0 atom stereocenters. The lowest BCUT2D eigenvalue weighted by Gasteiger charge is -2.06. The summed E-state index contributed by atoms with van der Waals surface area (Å²) in [5, 5.41) is 13.3. The second-order valence-electron chi connectivity index (χ2n) is 6.61. The van der Waals surface area contributed by atoms with E-state index in [2.05, 4.69) is 25.9 Å². The fourth-order valence-electron chi connectivity index (χ4n) is 2.72. The minimum atomic E-state index is -0.300. The number of urea groups is 1. The number of benzene rings is 1. The molecular weight excluding hydrogens is 362 g/mol. The Kier molecular flexibility index (Phi) is 5.22. The van der Waals surface area contributed by atoms with Gasteiger partial charge in [0.1, 0.15) is 11.5 Å². The third-order valence-electron chi connectivity index (χ3n) is 4.46. The summed E-state index contributed by atoms with van der Waals surface area (Å²) in [6.07, 6.45) is 2.98. The van der Waals surface area contributed by atoms with Gasteiger partial charge in [-0.15, -0.1) is 0 Å². The zero-order valence-corrected chi connectivity index (χ0v) is 15.5. The monoisotopic (exact) mass is 383 g/mol. The largest absolute Gasteiger partial charge is 0.497 e. The van der Waals surface area contributed by atoms with Crippen molar-refractivity contribution in [3.8, 4) is 17.3 Å². The number of hydrogen-bond acceptors (Lipinski definition) is 7. The van der Waals surface area contributed by atoms with Gasteiger partial charge in [-0.1, -0.05) is 22.4 Å². The number of methoxy groups -OCH3 is 1. The summed E-state index contributed by atoms with van der Waals surface area (Å²) >= 11 is 0. The van der Waals surface area contributed by atoms with Gasteiger partial charge in [0.15, 0.2) is 5.69 Å². The molecule has 2 N–H and O–H groups in total. The number of hydrogen-bond donors (Lipinski definition) is 2. The van der Waals surface area contributed by atoms with Crippen LogP contribution in [0.15, 0.2) is 39.4 Å². The predicted molar refractivity (Wildman–Crippen MR) is 98.7 cm³/mol. The zero-order valence-electron chi connectivity index (χ0n) is 15.5. The molecule has 0 saturated heterocycles. The number of nitrogens with zero attached hydrogens (tertiary/aromatic N) is 3. The average molecular weight is 383 g/mol. The Morgan fingerprint density at radius 2 is 2.00 bits per heavy atom. The molecule has 1 saturated carbocycles. The highest BCUT2D eigenvalue weighted by Crippen LogP contribution is 2.40. The van der Waals surface area contributed by atoms with Gasteiger partial charge >= 0.3 is 6.03 Å². The summed E-state index contributed by atoms with van der Waals surface area (Å²) in [7, 11) is 1.63. The van der Waals surface area contributed by atoms with Gasteiger partial charge in [0.2, 0.25) is 11.7 Å². The van der Waals surface area contributed by atoms with E-state index in [1.807, 2.05) is 30.3 Å². The Bertz CT molecular complexity index is 930. The Balaban J connectivity index is 1.20. The Morgan fingerprint density at radius 1 is 1.18 bits per heavy atom. The van der Waals surface area contributed by atoms with E-state index in [1.54, 1.807) is 7.11 Å². The fraction of sp³-hybridized carbons (Fsp3) is 0.368. The molecule has 0 spiro atoms. The normalized spacial score (nSPS) is 13.3. The molecule has 0 unspecified atom stereocenters. The number of carbonyl (C=O) groups excluding carboxylic acids is 1. The predicted octanol–water partition coefficient (Wildman–Crippen LogP) is 2.65. The number of aromatic nitrogens is 3. The fourth-order valence-corrected chi connectivity index (χ4v) is 2.72. The van der Waals surface area contributed by atoms with E-state index in [9.17, 15) is 4.79 Å². The van der Waals surface area contributed by atoms with Gasteiger partial charge in [0.05, 0.1) is 13.7 Å². The Morgan fingerprint density at radius 3 is 2.75 bits per heavy atom. The van der Waals surface area contributed by atoms with Crippen LogP contribution in [0.3, 0.4) is 0 Å². The summed E-state index contributed by atoms with van der Waals surface area (Å²) < 4.78 is 15.6. The number of amides is 2. The first-order valence-electron chi connectivity index (χ1n) is 9.15. The van der Waals surface area contributed by atoms with Gasteiger partial charge in [0, 0.05) is 18.5 Å². The summed E-state index contributed by atoms with van der Waals surface area (Å²) in [6, 6.07) is 9.26. The maximum atomic E-state index is 11.9. The van der Waals surface area contributed by atoms with Crippen molar-refractivity contribution in [2.24, 2.45) is 0 Å². The highest BCUT2D eigenvalue weighted by Gasteiger charge is 2.28. The standard InChI is InChI=1S/C19H21N5O4/c1-26-14-6-2-12(3-7-14)8-9-20-19(25)21-11-17-22-18(24-28-17)15-10-16(27-23-15)13-4-5-13/h2-3,6-7,10,13H,4-5,8-9,11H2,1H3,(H2,20,21,25). The minimum Gasteiger partial charge on any atom is -0.497 e. The van der Waals surface area contributed by atoms with Crippen LogP contribution in [0, 0.1) is 0 Å². The second kappa shape index (κ2) is 8.12. The molecule has 9 heteroatoms. The van der Waals surface area contributed by atoms with Crippen LogP contribution in [0.25, 0.3) is 11.5 Å². The zero-order chi connectivity index (χ0) is 19.3. The van der Waals surface area contributed by atoms with E-state index in [4.69, 9.17) is 13.8 Å². The van der Waals surface area contributed by atoms with Crippen molar-refractivity contribution in [3.05, 3.63) is 47.5 Å². The maximum absolute atomic E-state index is 11.9. The van der Waals surface area contributed by atoms with Gasteiger partial charge < -0.3 is 24.4 Å². The van der Waals surface area contributed by atoms with Crippen LogP contribution in [0.5, 0.6) is 5.75 Å². The molecule has 1 aromatic carbocycles. The number of carbonyl (C=O) groups is 1. The van der Waals surface area contributed by atoms with Gasteiger partial charge in [-0.25, -0.2) is 4.79 Å². The van der Waals surface area contributed by atoms with Crippen LogP contribution in [0.2, 0.25) is 0 Å². The van der Waals surface area contributed by atoms with E-state index in [0.29, 0.717) is 29.9 Å². The summed E-state index contributed by atoms with van der Waals surface area (Å²) in [5.74, 6) is 2.79. The van der Waals surface area contributed by atoms with Gasteiger partial charge in [-0.3, -0.25) is 0 Å². The van der Waals surface area contributed by atoms with Crippen molar-refractivity contribution in [2.45, 2.75) is 31.7 Å². The van der Waals surface area contributed by atoms with E-state index in [-0.39, 0.29) is 12.6 Å². The molecule has 1 aliphatic rings.